The zero-order valence-electron chi connectivity index (χ0n) is 19.0. The Labute approximate surface area is 196 Å². The molecule has 0 spiro atoms. The third kappa shape index (κ3) is 4.99. The Hall–Kier alpha value is -2.78. The zero-order chi connectivity index (χ0) is 22.7. The molecule has 0 aromatic heterocycles. The van der Waals surface area contributed by atoms with Crippen LogP contribution >= 0.6 is 11.6 Å². The number of amides is 1. The van der Waals surface area contributed by atoms with Gasteiger partial charge in [0.25, 0.3) is 0 Å². The molecule has 1 amide bonds. The van der Waals surface area contributed by atoms with Gasteiger partial charge in [0.05, 0.1) is 6.04 Å². The Morgan fingerprint density at radius 3 is 2.38 bits per heavy atom. The Bertz CT molecular complexity index is 1060. The molecule has 1 fully saturated rings. The predicted molar refractivity (Wildman–Crippen MR) is 133 cm³/mol. The van der Waals surface area contributed by atoms with Crippen molar-refractivity contribution >= 4 is 23.2 Å². The average Bonchev–Trinajstić information content (AvgIpc) is 3.27. The lowest BCUT2D eigenvalue weighted by atomic mass is 9.86. The first kappa shape index (κ1) is 22.4. The third-order valence-electron chi connectivity index (χ3n) is 6.21. The number of hydrogen-bond acceptors (Lipinski definition) is 2. The van der Waals surface area contributed by atoms with Crippen molar-refractivity contribution in [2.75, 3.05) is 11.9 Å². The van der Waals surface area contributed by atoms with Gasteiger partial charge in [-0.15, -0.1) is 0 Å². The summed E-state index contributed by atoms with van der Waals surface area (Å²) in [6.45, 7) is 7.36. The number of likely N-dealkylation sites (tertiary alicyclic amines) is 1. The van der Waals surface area contributed by atoms with Gasteiger partial charge in [0.15, 0.2) is 0 Å². The molecule has 2 atom stereocenters. The van der Waals surface area contributed by atoms with Gasteiger partial charge < -0.3 is 10.2 Å². The lowest BCUT2D eigenvalue weighted by Crippen LogP contribution is -2.37. The van der Waals surface area contributed by atoms with Crippen LogP contribution in [0.4, 0.5) is 5.69 Å². The third-order valence-corrected chi connectivity index (χ3v) is 6.45. The minimum atomic E-state index is -0.453. The number of carbonyl (C=O) groups is 1. The minimum Gasteiger partial charge on any atom is -0.370 e. The fraction of sp³-hybridized carbons (Fsp3) is 0.321. The highest BCUT2D eigenvalue weighted by atomic mass is 35.5. The van der Waals surface area contributed by atoms with Crippen LogP contribution in [0.3, 0.4) is 0 Å². The number of hydrogen-bond donors (Lipinski definition) is 1. The van der Waals surface area contributed by atoms with E-state index in [0.717, 1.165) is 36.2 Å². The molecule has 32 heavy (non-hydrogen) atoms. The number of carbonyl (C=O) groups excluding carboxylic acids is 1. The van der Waals surface area contributed by atoms with Crippen molar-refractivity contribution in [3.63, 3.8) is 0 Å². The smallest absolute Gasteiger partial charge is 0.250 e. The highest BCUT2D eigenvalue weighted by Gasteiger charge is 2.35. The summed E-state index contributed by atoms with van der Waals surface area (Å²) < 4.78 is 0. The molecule has 1 N–H and O–H groups in total. The molecule has 166 valence electrons. The summed E-state index contributed by atoms with van der Waals surface area (Å²) in [6, 6.07) is 25.9. The van der Waals surface area contributed by atoms with Crippen LogP contribution in [0, 0.1) is 0 Å². The Morgan fingerprint density at radius 2 is 1.72 bits per heavy atom. The second-order valence-corrected chi connectivity index (χ2v) is 10.00. The van der Waals surface area contributed by atoms with Gasteiger partial charge in [-0.3, -0.25) is 4.79 Å². The van der Waals surface area contributed by atoms with Crippen LogP contribution < -0.4 is 5.32 Å². The molecular formula is C28H31ClN2O. The van der Waals surface area contributed by atoms with Gasteiger partial charge in [0.2, 0.25) is 5.91 Å². The molecule has 3 nitrogen and oxygen atoms in total. The number of rotatable bonds is 5. The summed E-state index contributed by atoms with van der Waals surface area (Å²) in [7, 11) is 0. The Balaban J connectivity index is 1.66. The van der Waals surface area contributed by atoms with E-state index in [9.17, 15) is 4.79 Å². The molecule has 0 bridgehead atoms. The largest absolute Gasteiger partial charge is 0.370 e. The summed E-state index contributed by atoms with van der Waals surface area (Å²) >= 11 is 6.25. The van der Waals surface area contributed by atoms with Gasteiger partial charge in [-0.1, -0.05) is 87.0 Å². The van der Waals surface area contributed by atoms with Crippen molar-refractivity contribution in [1.29, 1.82) is 0 Å². The van der Waals surface area contributed by atoms with Crippen LogP contribution in [-0.4, -0.2) is 17.4 Å². The Morgan fingerprint density at radius 1 is 1.00 bits per heavy atom. The van der Waals surface area contributed by atoms with Gasteiger partial charge in [-0.05, 0) is 59.2 Å². The van der Waals surface area contributed by atoms with Crippen LogP contribution in [0.1, 0.15) is 62.4 Å². The molecule has 3 aromatic rings. The number of halogens is 1. The number of benzene rings is 3. The quantitative estimate of drug-likeness (QED) is 0.451. The van der Waals surface area contributed by atoms with Gasteiger partial charge in [0.1, 0.15) is 6.04 Å². The van der Waals surface area contributed by atoms with E-state index in [1.165, 1.54) is 5.56 Å². The SMILES string of the molecule is CC(C)(C)c1ccc(C(Nc2ccccc2)C(=O)N2CCCC2c2cccc(Cl)c2)cc1. The first-order chi connectivity index (χ1) is 15.3. The topological polar surface area (TPSA) is 32.3 Å². The minimum absolute atomic E-state index is 0.0510. The number of nitrogens with one attached hydrogen (secondary N) is 1. The molecule has 1 heterocycles. The van der Waals surface area contributed by atoms with Gasteiger partial charge in [0, 0.05) is 17.3 Å². The maximum Gasteiger partial charge on any atom is 0.250 e. The predicted octanol–water partition coefficient (Wildman–Crippen LogP) is 7.15. The summed E-state index contributed by atoms with van der Waals surface area (Å²) in [6.07, 6.45) is 1.94. The number of para-hydroxylation sites is 1. The average molecular weight is 447 g/mol. The van der Waals surface area contributed by atoms with Crippen molar-refractivity contribution in [3.8, 4) is 0 Å². The lowest BCUT2D eigenvalue weighted by Gasteiger charge is -2.31. The van der Waals surface area contributed by atoms with Crippen molar-refractivity contribution in [2.24, 2.45) is 0 Å². The first-order valence-corrected chi connectivity index (χ1v) is 11.7. The molecule has 2 unspecified atom stereocenters. The van der Waals surface area contributed by atoms with Gasteiger partial charge in [-0.2, -0.15) is 0 Å². The van der Waals surface area contributed by atoms with Crippen molar-refractivity contribution in [3.05, 3.63) is 101 Å². The normalized spacial score (nSPS) is 17.2. The fourth-order valence-electron chi connectivity index (χ4n) is 4.42. The first-order valence-electron chi connectivity index (χ1n) is 11.3. The molecule has 1 aliphatic rings. The van der Waals surface area contributed by atoms with Crippen LogP contribution in [0.25, 0.3) is 0 Å². The summed E-state index contributed by atoms with van der Waals surface area (Å²) in [5.41, 5.74) is 4.33. The maximum atomic E-state index is 13.9. The summed E-state index contributed by atoms with van der Waals surface area (Å²) in [4.78, 5) is 15.9. The molecule has 4 rings (SSSR count). The highest BCUT2D eigenvalue weighted by Crippen LogP contribution is 2.36. The van der Waals surface area contributed by atoms with Crippen molar-refractivity contribution in [2.45, 2.75) is 51.1 Å². The Kier molecular flexibility index (Phi) is 6.57. The zero-order valence-corrected chi connectivity index (χ0v) is 19.8. The van der Waals surface area contributed by atoms with E-state index in [4.69, 9.17) is 11.6 Å². The lowest BCUT2D eigenvalue weighted by molar-refractivity contribution is -0.133. The van der Waals surface area contributed by atoms with E-state index in [2.05, 4.69) is 56.4 Å². The van der Waals surface area contributed by atoms with Gasteiger partial charge in [-0.25, -0.2) is 0 Å². The monoisotopic (exact) mass is 446 g/mol. The number of anilines is 1. The van der Waals surface area contributed by atoms with Crippen molar-refractivity contribution < 1.29 is 4.79 Å². The molecule has 1 aliphatic heterocycles. The van der Waals surface area contributed by atoms with E-state index in [1.54, 1.807) is 0 Å². The van der Waals surface area contributed by atoms with Crippen molar-refractivity contribution in [1.82, 2.24) is 4.90 Å². The van der Waals surface area contributed by atoms with Crippen LogP contribution in [-0.2, 0) is 10.2 Å². The van der Waals surface area contributed by atoms with Crippen LogP contribution in [0.2, 0.25) is 5.02 Å². The van der Waals surface area contributed by atoms with E-state index in [-0.39, 0.29) is 17.4 Å². The summed E-state index contributed by atoms with van der Waals surface area (Å²) in [5.74, 6) is 0.0971. The van der Waals surface area contributed by atoms with E-state index < -0.39 is 6.04 Å². The molecular weight excluding hydrogens is 416 g/mol. The molecule has 0 radical (unpaired) electrons. The van der Waals surface area contributed by atoms with E-state index in [0.29, 0.717) is 5.02 Å². The van der Waals surface area contributed by atoms with Crippen LogP contribution in [0.15, 0.2) is 78.9 Å². The number of nitrogens with zero attached hydrogens (tertiary/aromatic N) is 1. The second kappa shape index (κ2) is 9.38. The fourth-order valence-corrected chi connectivity index (χ4v) is 4.62. The molecule has 3 aromatic carbocycles. The standard InChI is InChI=1S/C28H31ClN2O/c1-28(2,3)22-16-14-20(15-17-22)26(30-24-11-5-4-6-12-24)27(32)31-18-8-13-25(31)21-9-7-10-23(29)19-21/h4-7,9-12,14-17,19,25-26,30H,8,13,18H2,1-3H3. The van der Waals surface area contributed by atoms with E-state index in [1.807, 2.05) is 53.4 Å². The summed E-state index contributed by atoms with van der Waals surface area (Å²) in [5, 5.41) is 4.20. The van der Waals surface area contributed by atoms with Gasteiger partial charge >= 0.3 is 0 Å². The maximum absolute atomic E-state index is 13.9. The molecule has 4 heteroatoms. The highest BCUT2D eigenvalue weighted by molar-refractivity contribution is 6.30. The van der Waals surface area contributed by atoms with Crippen LogP contribution in [0.5, 0.6) is 0 Å². The molecule has 1 saturated heterocycles. The second-order valence-electron chi connectivity index (χ2n) is 9.56. The molecule has 0 aliphatic carbocycles. The van der Waals surface area contributed by atoms with E-state index >= 15 is 0 Å². The molecule has 0 saturated carbocycles.